The van der Waals surface area contributed by atoms with Crippen LogP contribution in [0, 0.1) is 0 Å². The third-order valence-electron chi connectivity index (χ3n) is 4.75. The molecule has 0 fully saturated rings. The lowest BCUT2D eigenvalue weighted by molar-refractivity contribution is 0.311. The van der Waals surface area contributed by atoms with Crippen LogP contribution in [0.5, 0.6) is 5.75 Å². The summed E-state index contributed by atoms with van der Waals surface area (Å²) in [6, 6.07) is 18.1. The maximum absolute atomic E-state index is 5.87. The summed E-state index contributed by atoms with van der Waals surface area (Å²) in [5.41, 5.74) is 0. The van der Waals surface area contributed by atoms with Crippen molar-refractivity contribution in [2.45, 2.75) is 12.8 Å². The Morgan fingerprint density at radius 3 is 2.72 bits per heavy atom. The van der Waals surface area contributed by atoms with Crippen molar-refractivity contribution in [1.82, 2.24) is 25.8 Å². The third kappa shape index (κ3) is 6.46. The SMILES string of the molecule is CN=C(NCCCOc1ccc2ccccc2c1)NCCc1nc(-c2ccco2)n[nH]1.I. The number of halogens is 1. The second-order valence-electron chi connectivity index (χ2n) is 6.97. The molecule has 32 heavy (non-hydrogen) atoms. The first-order chi connectivity index (χ1) is 15.3. The number of benzene rings is 2. The maximum Gasteiger partial charge on any atom is 0.216 e. The normalized spacial score (nSPS) is 11.2. The second-order valence-corrected chi connectivity index (χ2v) is 6.97. The Morgan fingerprint density at radius 1 is 1.06 bits per heavy atom. The highest BCUT2D eigenvalue weighted by molar-refractivity contribution is 14.0. The van der Waals surface area contributed by atoms with E-state index < -0.39 is 0 Å². The van der Waals surface area contributed by atoms with E-state index in [1.807, 2.05) is 30.3 Å². The van der Waals surface area contributed by atoms with E-state index >= 15 is 0 Å². The van der Waals surface area contributed by atoms with Gasteiger partial charge in [0.1, 0.15) is 11.6 Å². The van der Waals surface area contributed by atoms with Crippen molar-refractivity contribution in [1.29, 1.82) is 0 Å². The van der Waals surface area contributed by atoms with E-state index in [0.717, 1.165) is 30.5 Å². The second kappa shape index (κ2) is 12.1. The van der Waals surface area contributed by atoms with E-state index in [1.54, 1.807) is 13.3 Å². The molecule has 4 aromatic rings. The Morgan fingerprint density at radius 2 is 1.91 bits per heavy atom. The number of aliphatic imine (C=N–C) groups is 1. The Kier molecular flexibility index (Phi) is 8.90. The average molecular weight is 546 g/mol. The van der Waals surface area contributed by atoms with Crippen molar-refractivity contribution in [3.63, 3.8) is 0 Å². The molecule has 0 amide bonds. The monoisotopic (exact) mass is 546 g/mol. The lowest BCUT2D eigenvalue weighted by Gasteiger charge is -2.12. The quantitative estimate of drug-likeness (QED) is 0.127. The van der Waals surface area contributed by atoms with Gasteiger partial charge >= 0.3 is 0 Å². The first-order valence-electron chi connectivity index (χ1n) is 10.3. The molecule has 0 spiro atoms. The Bertz CT molecular complexity index is 1130. The number of hydrogen-bond donors (Lipinski definition) is 3. The molecule has 0 atom stereocenters. The molecular formula is C23H27IN6O2. The van der Waals surface area contributed by atoms with Crippen LogP contribution in [-0.4, -0.2) is 47.9 Å². The molecule has 2 aromatic carbocycles. The van der Waals surface area contributed by atoms with Crippen molar-refractivity contribution in [2.24, 2.45) is 4.99 Å². The highest BCUT2D eigenvalue weighted by atomic mass is 127. The summed E-state index contributed by atoms with van der Waals surface area (Å²) in [5, 5.41) is 16.1. The summed E-state index contributed by atoms with van der Waals surface area (Å²) in [7, 11) is 1.75. The number of hydrogen-bond acceptors (Lipinski definition) is 5. The zero-order valence-electron chi connectivity index (χ0n) is 17.9. The number of aromatic amines is 1. The Hall–Kier alpha value is -3.08. The lowest BCUT2D eigenvalue weighted by atomic mass is 10.1. The topological polar surface area (TPSA) is 100 Å². The molecule has 4 rings (SSSR count). The molecule has 9 heteroatoms. The fourth-order valence-corrected chi connectivity index (χ4v) is 3.17. The molecule has 0 bridgehead atoms. The summed E-state index contributed by atoms with van der Waals surface area (Å²) < 4.78 is 11.2. The van der Waals surface area contributed by atoms with Crippen LogP contribution in [-0.2, 0) is 6.42 Å². The fourth-order valence-electron chi connectivity index (χ4n) is 3.17. The van der Waals surface area contributed by atoms with Gasteiger partial charge in [0.25, 0.3) is 0 Å². The van der Waals surface area contributed by atoms with Crippen LogP contribution in [0.2, 0.25) is 0 Å². The Labute approximate surface area is 203 Å². The van der Waals surface area contributed by atoms with Gasteiger partial charge < -0.3 is 19.8 Å². The van der Waals surface area contributed by atoms with Crippen LogP contribution in [0.3, 0.4) is 0 Å². The molecule has 3 N–H and O–H groups in total. The van der Waals surface area contributed by atoms with Gasteiger partial charge in [-0.3, -0.25) is 10.1 Å². The van der Waals surface area contributed by atoms with Crippen molar-refractivity contribution >= 4 is 40.7 Å². The average Bonchev–Trinajstić information content (AvgIpc) is 3.49. The summed E-state index contributed by atoms with van der Waals surface area (Å²) in [6.45, 7) is 2.08. The zero-order valence-corrected chi connectivity index (χ0v) is 20.2. The number of guanidine groups is 1. The van der Waals surface area contributed by atoms with Crippen LogP contribution in [0.1, 0.15) is 12.2 Å². The molecule has 0 saturated carbocycles. The number of furan rings is 1. The van der Waals surface area contributed by atoms with Crippen molar-refractivity contribution < 1.29 is 9.15 Å². The largest absolute Gasteiger partial charge is 0.494 e. The maximum atomic E-state index is 5.87. The highest BCUT2D eigenvalue weighted by Crippen LogP contribution is 2.20. The van der Waals surface area contributed by atoms with Gasteiger partial charge in [-0.25, -0.2) is 4.98 Å². The molecule has 8 nitrogen and oxygen atoms in total. The lowest BCUT2D eigenvalue weighted by Crippen LogP contribution is -2.39. The predicted molar refractivity (Wildman–Crippen MR) is 137 cm³/mol. The van der Waals surface area contributed by atoms with E-state index in [4.69, 9.17) is 9.15 Å². The first kappa shape index (κ1) is 23.6. The fraction of sp³-hybridized carbons (Fsp3) is 0.261. The van der Waals surface area contributed by atoms with Gasteiger partial charge in [-0.2, -0.15) is 5.10 Å². The highest BCUT2D eigenvalue weighted by Gasteiger charge is 2.08. The van der Waals surface area contributed by atoms with E-state index in [2.05, 4.69) is 55.1 Å². The van der Waals surface area contributed by atoms with E-state index in [0.29, 0.717) is 31.2 Å². The molecule has 0 unspecified atom stereocenters. The molecule has 0 aliphatic heterocycles. The van der Waals surface area contributed by atoms with Crippen LogP contribution in [0.25, 0.3) is 22.4 Å². The first-order valence-corrected chi connectivity index (χ1v) is 10.3. The minimum absolute atomic E-state index is 0. The molecule has 2 aromatic heterocycles. The summed E-state index contributed by atoms with van der Waals surface area (Å²) >= 11 is 0. The molecule has 0 radical (unpaired) electrons. The molecule has 168 valence electrons. The van der Waals surface area contributed by atoms with Crippen molar-refractivity contribution in [2.75, 3.05) is 26.7 Å². The van der Waals surface area contributed by atoms with Crippen LogP contribution < -0.4 is 15.4 Å². The van der Waals surface area contributed by atoms with Crippen LogP contribution >= 0.6 is 24.0 Å². The molecular weight excluding hydrogens is 519 g/mol. The summed E-state index contributed by atoms with van der Waals surface area (Å²) in [4.78, 5) is 8.68. The minimum Gasteiger partial charge on any atom is -0.494 e. The van der Waals surface area contributed by atoms with Gasteiger partial charge in [0.05, 0.1) is 12.9 Å². The summed E-state index contributed by atoms with van der Waals surface area (Å²) in [5.74, 6) is 3.64. The Balaban J connectivity index is 0.00000289. The zero-order chi connectivity index (χ0) is 21.3. The van der Waals surface area contributed by atoms with E-state index in [-0.39, 0.29) is 24.0 Å². The van der Waals surface area contributed by atoms with Gasteiger partial charge in [0.15, 0.2) is 11.7 Å². The van der Waals surface area contributed by atoms with E-state index in [1.165, 1.54) is 10.8 Å². The van der Waals surface area contributed by atoms with Crippen molar-refractivity contribution in [3.8, 4) is 17.3 Å². The minimum atomic E-state index is 0. The number of ether oxygens (including phenoxy) is 1. The standard InChI is InChI=1S/C23H26N6O2.HI/c1-24-23(26-13-11-21-27-22(29-28-21)20-8-4-14-31-20)25-12-5-15-30-19-10-9-17-6-2-3-7-18(17)16-19;/h2-4,6-10,14,16H,5,11-13,15H2,1H3,(H2,24,25,26)(H,27,28,29);1H. The number of nitrogens with one attached hydrogen (secondary N) is 3. The smallest absolute Gasteiger partial charge is 0.216 e. The van der Waals surface area contributed by atoms with Gasteiger partial charge in [-0.05, 0) is 41.5 Å². The summed E-state index contributed by atoms with van der Waals surface area (Å²) in [6.07, 6.45) is 3.16. The van der Waals surface area contributed by atoms with E-state index in [9.17, 15) is 0 Å². The number of aromatic nitrogens is 3. The van der Waals surface area contributed by atoms with Crippen LogP contribution in [0.15, 0.2) is 70.3 Å². The number of H-pyrrole nitrogens is 1. The van der Waals surface area contributed by atoms with Crippen molar-refractivity contribution in [3.05, 3.63) is 66.7 Å². The number of fused-ring (bicyclic) bond motifs is 1. The van der Waals surface area contributed by atoms with Gasteiger partial charge in [-0.15, -0.1) is 24.0 Å². The number of nitrogens with zero attached hydrogens (tertiary/aromatic N) is 3. The molecule has 0 saturated heterocycles. The molecule has 0 aliphatic carbocycles. The van der Waals surface area contributed by atoms with Crippen LogP contribution in [0.4, 0.5) is 0 Å². The molecule has 0 aliphatic rings. The third-order valence-corrected chi connectivity index (χ3v) is 4.75. The number of rotatable bonds is 9. The predicted octanol–water partition coefficient (Wildman–Crippen LogP) is 4.01. The van der Waals surface area contributed by atoms with Gasteiger partial charge in [0.2, 0.25) is 5.82 Å². The van der Waals surface area contributed by atoms with Gasteiger partial charge in [-0.1, -0.05) is 30.3 Å². The molecule has 2 heterocycles. The van der Waals surface area contributed by atoms with Gasteiger partial charge in [0, 0.05) is 26.6 Å².